The minimum absolute atomic E-state index is 0.00625. The summed E-state index contributed by atoms with van der Waals surface area (Å²) in [6, 6.07) is 0. The molecule has 0 heterocycles. The van der Waals surface area contributed by atoms with Gasteiger partial charge >= 0.3 is 0 Å². The molecule has 1 rings (SSSR count). The average Bonchev–Trinajstić information content (AvgIpc) is 2.38. The van der Waals surface area contributed by atoms with Crippen molar-refractivity contribution in [3.63, 3.8) is 0 Å². The summed E-state index contributed by atoms with van der Waals surface area (Å²) in [5, 5.41) is 12.9. The molecule has 5 heteroatoms. The first-order valence-electron chi connectivity index (χ1n) is 7.11. The second-order valence-corrected chi connectivity index (χ2v) is 7.01. The van der Waals surface area contributed by atoms with E-state index in [0.717, 1.165) is 12.8 Å². The van der Waals surface area contributed by atoms with Crippen molar-refractivity contribution in [2.45, 2.75) is 51.0 Å². The summed E-state index contributed by atoms with van der Waals surface area (Å²) in [5.74, 6) is 0.642. The molecule has 0 spiro atoms. The van der Waals surface area contributed by atoms with E-state index in [1.807, 2.05) is 6.26 Å². The van der Waals surface area contributed by atoms with Gasteiger partial charge < -0.3 is 16.2 Å². The summed E-state index contributed by atoms with van der Waals surface area (Å²) in [5.41, 5.74) is 5.04. The number of rotatable bonds is 7. The van der Waals surface area contributed by atoms with E-state index in [9.17, 15) is 9.90 Å². The maximum absolute atomic E-state index is 12.0. The van der Waals surface area contributed by atoms with Crippen LogP contribution in [0.25, 0.3) is 0 Å². The minimum atomic E-state index is -0.836. The Balaban J connectivity index is 2.41. The Kier molecular flexibility index (Phi) is 6.63. The first-order valence-corrected chi connectivity index (χ1v) is 8.51. The maximum atomic E-state index is 12.0. The van der Waals surface area contributed by atoms with Gasteiger partial charge in [-0.15, -0.1) is 0 Å². The topological polar surface area (TPSA) is 75.3 Å². The number of carbonyl (C=O) groups excluding carboxylic acids is 1. The molecule has 0 aliphatic heterocycles. The number of aliphatic hydroxyl groups is 1. The third-order valence-electron chi connectivity index (χ3n) is 4.00. The first-order chi connectivity index (χ1) is 8.93. The number of hydrogen-bond acceptors (Lipinski definition) is 4. The minimum Gasteiger partial charge on any atom is -0.387 e. The summed E-state index contributed by atoms with van der Waals surface area (Å²) in [6.07, 6.45) is 8.16. The van der Waals surface area contributed by atoms with Crippen molar-refractivity contribution in [3.8, 4) is 0 Å². The fraction of sp³-hybridized carbons (Fsp3) is 0.929. The Labute approximate surface area is 120 Å². The molecule has 0 aromatic carbocycles. The highest BCUT2D eigenvalue weighted by molar-refractivity contribution is 7.98. The van der Waals surface area contributed by atoms with E-state index in [1.165, 1.54) is 19.3 Å². The predicted octanol–water partition coefficient (Wildman–Crippen LogP) is 1.52. The fourth-order valence-corrected chi connectivity index (χ4v) is 3.53. The number of nitrogens with two attached hydrogens (primary N) is 1. The zero-order valence-corrected chi connectivity index (χ0v) is 13.0. The van der Waals surface area contributed by atoms with Gasteiger partial charge in [-0.3, -0.25) is 4.79 Å². The average molecular weight is 288 g/mol. The van der Waals surface area contributed by atoms with Crippen molar-refractivity contribution in [1.29, 1.82) is 0 Å². The molecule has 1 aliphatic carbocycles. The van der Waals surface area contributed by atoms with Crippen LogP contribution < -0.4 is 11.1 Å². The lowest BCUT2D eigenvalue weighted by Crippen LogP contribution is -2.45. The van der Waals surface area contributed by atoms with E-state index < -0.39 is 5.60 Å². The van der Waals surface area contributed by atoms with Gasteiger partial charge in [-0.2, -0.15) is 11.8 Å². The predicted molar refractivity (Wildman–Crippen MR) is 81.2 cm³/mol. The molecule has 1 saturated carbocycles. The molecule has 0 aromatic heterocycles. The molecule has 1 atom stereocenters. The Morgan fingerprint density at radius 3 is 2.58 bits per heavy atom. The molecule has 0 saturated heterocycles. The fourth-order valence-electron chi connectivity index (χ4n) is 2.81. The number of thioether (sulfide) groups is 1. The Bertz CT molecular complexity index is 289. The monoisotopic (exact) mass is 288 g/mol. The van der Waals surface area contributed by atoms with Crippen LogP contribution in [0.15, 0.2) is 0 Å². The van der Waals surface area contributed by atoms with Crippen LogP contribution >= 0.6 is 11.8 Å². The number of nitrogens with one attached hydrogen (secondary N) is 1. The highest BCUT2D eigenvalue weighted by Gasteiger charge is 2.33. The molecule has 0 bridgehead atoms. The van der Waals surface area contributed by atoms with Crippen molar-refractivity contribution in [1.82, 2.24) is 5.32 Å². The molecule has 0 aromatic rings. The van der Waals surface area contributed by atoms with Gasteiger partial charge in [0.15, 0.2) is 0 Å². The van der Waals surface area contributed by atoms with Gasteiger partial charge in [0.1, 0.15) is 0 Å². The Morgan fingerprint density at radius 2 is 2.05 bits per heavy atom. The van der Waals surface area contributed by atoms with E-state index >= 15 is 0 Å². The molecule has 112 valence electrons. The quantitative estimate of drug-likeness (QED) is 0.664. The van der Waals surface area contributed by atoms with Gasteiger partial charge in [0.2, 0.25) is 5.91 Å². The zero-order chi connectivity index (χ0) is 14.4. The lowest BCUT2D eigenvalue weighted by atomic mass is 9.71. The van der Waals surface area contributed by atoms with Crippen molar-refractivity contribution < 1.29 is 9.90 Å². The molecule has 4 nitrogen and oxygen atoms in total. The molecule has 19 heavy (non-hydrogen) atoms. The highest BCUT2D eigenvalue weighted by atomic mass is 32.2. The van der Waals surface area contributed by atoms with Crippen LogP contribution in [0, 0.1) is 5.41 Å². The van der Waals surface area contributed by atoms with Crippen molar-refractivity contribution in [3.05, 3.63) is 0 Å². The van der Waals surface area contributed by atoms with E-state index in [-0.39, 0.29) is 11.3 Å². The van der Waals surface area contributed by atoms with Crippen LogP contribution in [0.5, 0.6) is 0 Å². The highest BCUT2D eigenvalue weighted by Crippen LogP contribution is 2.38. The van der Waals surface area contributed by atoms with E-state index in [0.29, 0.717) is 25.3 Å². The van der Waals surface area contributed by atoms with Crippen molar-refractivity contribution >= 4 is 17.7 Å². The summed E-state index contributed by atoms with van der Waals surface area (Å²) in [4.78, 5) is 12.0. The van der Waals surface area contributed by atoms with Gasteiger partial charge in [0.05, 0.1) is 5.60 Å². The summed E-state index contributed by atoms with van der Waals surface area (Å²) < 4.78 is 0. The number of amides is 1. The number of hydrogen-bond donors (Lipinski definition) is 3. The second-order valence-electron chi connectivity index (χ2n) is 6.15. The van der Waals surface area contributed by atoms with E-state index in [4.69, 9.17) is 5.73 Å². The zero-order valence-electron chi connectivity index (χ0n) is 12.2. The standard InChI is InChI=1S/C14H28N2O2S/c1-13(18,11-19-2)10-16-12(17)8-14(9-15)6-4-3-5-7-14/h18H,3-11,15H2,1-2H3,(H,16,17). The second kappa shape index (κ2) is 7.50. The molecule has 1 aliphatic rings. The smallest absolute Gasteiger partial charge is 0.220 e. The van der Waals surface area contributed by atoms with Crippen LogP contribution in [-0.4, -0.2) is 41.7 Å². The van der Waals surface area contributed by atoms with Gasteiger partial charge in [0.25, 0.3) is 0 Å². The van der Waals surface area contributed by atoms with Crippen LogP contribution in [0.1, 0.15) is 45.4 Å². The lowest BCUT2D eigenvalue weighted by molar-refractivity contribution is -0.124. The molecular formula is C14H28N2O2S. The maximum Gasteiger partial charge on any atom is 0.220 e. The Morgan fingerprint density at radius 1 is 1.42 bits per heavy atom. The Hall–Kier alpha value is -0.260. The SMILES string of the molecule is CSCC(C)(O)CNC(=O)CC1(CN)CCCCC1. The van der Waals surface area contributed by atoms with Gasteiger partial charge in [-0.05, 0) is 38.0 Å². The van der Waals surface area contributed by atoms with Gasteiger partial charge in [0, 0.05) is 18.7 Å². The van der Waals surface area contributed by atoms with Gasteiger partial charge in [-0.25, -0.2) is 0 Å². The van der Waals surface area contributed by atoms with Crippen LogP contribution in [0.2, 0.25) is 0 Å². The summed E-state index contributed by atoms with van der Waals surface area (Å²) >= 11 is 1.58. The summed E-state index contributed by atoms with van der Waals surface area (Å²) in [6.45, 7) is 2.65. The molecule has 0 radical (unpaired) electrons. The van der Waals surface area contributed by atoms with E-state index in [1.54, 1.807) is 18.7 Å². The first kappa shape index (κ1) is 16.8. The third kappa shape index (κ3) is 5.71. The third-order valence-corrected chi connectivity index (χ3v) is 4.92. The molecule has 1 fully saturated rings. The van der Waals surface area contributed by atoms with E-state index in [2.05, 4.69) is 5.32 Å². The molecule has 4 N–H and O–H groups in total. The lowest BCUT2D eigenvalue weighted by Gasteiger charge is -2.36. The van der Waals surface area contributed by atoms with Crippen molar-refractivity contribution in [2.24, 2.45) is 11.1 Å². The number of carbonyl (C=O) groups is 1. The van der Waals surface area contributed by atoms with Gasteiger partial charge in [-0.1, -0.05) is 19.3 Å². The summed E-state index contributed by atoms with van der Waals surface area (Å²) in [7, 11) is 0. The molecule has 1 amide bonds. The van der Waals surface area contributed by atoms with Crippen LogP contribution in [0.4, 0.5) is 0 Å². The normalized spacial score (nSPS) is 21.7. The molecule has 1 unspecified atom stereocenters. The van der Waals surface area contributed by atoms with Crippen LogP contribution in [-0.2, 0) is 4.79 Å². The van der Waals surface area contributed by atoms with Crippen LogP contribution in [0.3, 0.4) is 0 Å². The largest absolute Gasteiger partial charge is 0.387 e. The van der Waals surface area contributed by atoms with Crippen molar-refractivity contribution in [2.75, 3.05) is 25.1 Å². The molecular weight excluding hydrogens is 260 g/mol.